The molecule has 0 heterocycles. The van der Waals surface area contributed by atoms with E-state index in [4.69, 9.17) is 0 Å². The zero-order valence-corrected chi connectivity index (χ0v) is 14.6. The van der Waals surface area contributed by atoms with Crippen LogP contribution in [-0.2, 0) is 16.0 Å². The number of amides is 2. The molecule has 1 N–H and O–H groups in total. The Kier molecular flexibility index (Phi) is 6.15. The van der Waals surface area contributed by atoms with E-state index in [0.717, 1.165) is 12.0 Å². The molecule has 1 aromatic carbocycles. The van der Waals surface area contributed by atoms with Crippen LogP contribution in [0.5, 0.6) is 0 Å². The van der Waals surface area contributed by atoms with Crippen LogP contribution in [-0.4, -0.2) is 28.8 Å². The summed E-state index contributed by atoms with van der Waals surface area (Å²) < 4.78 is 0. The van der Waals surface area contributed by atoms with Gasteiger partial charge in [0.25, 0.3) is 0 Å². The van der Waals surface area contributed by atoms with Crippen molar-refractivity contribution in [2.45, 2.75) is 59.5 Å². The topological polar surface area (TPSA) is 49.4 Å². The minimum absolute atomic E-state index is 0.193. The molecule has 0 saturated heterocycles. The van der Waals surface area contributed by atoms with E-state index in [-0.39, 0.29) is 11.6 Å². The molecule has 4 nitrogen and oxygen atoms in total. The van der Waals surface area contributed by atoms with Gasteiger partial charge in [0.2, 0.25) is 0 Å². The van der Waals surface area contributed by atoms with Gasteiger partial charge in [-0.2, -0.15) is 0 Å². The maximum absolute atomic E-state index is 12.3. The van der Waals surface area contributed by atoms with Crippen molar-refractivity contribution in [1.82, 2.24) is 10.2 Å². The lowest BCUT2D eigenvalue weighted by atomic mass is 10.0. The van der Waals surface area contributed by atoms with Crippen LogP contribution in [0.4, 0.5) is 0 Å². The highest BCUT2D eigenvalue weighted by Gasteiger charge is 2.30. The van der Waals surface area contributed by atoms with Gasteiger partial charge in [-0.3, -0.25) is 9.59 Å². The summed E-state index contributed by atoms with van der Waals surface area (Å²) in [6.45, 7) is 12.2. The average Bonchev–Trinajstić information content (AvgIpc) is 2.46. The van der Waals surface area contributed by atoms with Gasteiger partial charge in [0.1, 0.15) is 0 Å². The molecule has 1 unspecified atom stereocenters. The Morgan fingerprint density at radius 1 is 1.14 bits per heavy atom. The van der Waals surface area contributed by atoms with Crippen LogP contribution >= 0.6 is 0 Å². The van der Waals surface area contributed by atoms with Gasteiger partial charge in [-0.05, 0) is 52.2 Å². The third kappa shape index (κ3) is 4.58. The first-order chi connectivity index (χ1) is 10.2. The standard InChI is InChI=1S/C18H28N2O2/c1-7-14-9-11-15(12-10-14)13(3)19-16(21)17(22)20(8-2)18(4,5)6/h9-13H,7-8H2,1-6H3,(H,19,21). The molecule has 1 rings (SSSR count). The van der Waals surface area contributed by atoms with E-state index in [2.05, 4.69) is 12.2 Å². The van der Waals surface area contributed by atoms with Crippen molar-refractivity contribution in [2.75, 3.05) is 6.54 Å². The number of nitrogens with zero attached hydrogens (tertiary/aromatic N) is 1. The van der Waals surface area contributed by atoms with E-state index in [0.29, 0.717) is 6.54 Å². The normalized spacial score (nSPS) is 12.6. The Bertz CT molecular complexity index is 515. The summed E-state index contributed by atoms with van der Waals surface area (Å²) in [6.07, 6.45) is 0.983. The quantitative estimate of drug-likeness (QED) is 0.869. The molecule has 0 aromatic heterocycles. The third-order valence-electron chi connectivity index (χ3n) is 3.80. The Morgan fingerprint density at radius 2 is 1.68 bits per heavy atom. The van der Waals surface area contributed by atoms with Crippen molar-refractivity contribution in [1.29, 1.82) is 0 Å². The predicted molar refractivity (Wildman–Crippen MR) is 89.5 cm³/mol. The Morgan fingerprint density at radius 3 is 2.09 bits per heavy atom. The van der Waals surface area contributed by atoms with E-state index < -0.39 is 11.8 Å². The summed E-state index contributed by atoms with van der Waals surface area (Å²) in [5.41, 5.74) is 1.88. The van der Waals surface area contributed by atoms with Crippen molar-refractivity contribution in [3.8, 4) is 0 Å². The number of nitrogens with one attached hydrogen (secondary N) is 1. The van der Waals surface area contributed by atoms with Crippen LogP contribution in [0.15, 0.2) is 24.3 Å². The fourth-order valence-corrected chi connectivity index (χ4v) is 2.43. The van der Waals surface area contributed by atoms with E-state index in [9.17, 15) is 9.59 Å². The summed E-state index contributed by atoms with van der Waals surface area (Å²) in [7, 11) is 0. The lowest BCUT2D eigenvalue weighted by molar-refractivity contribution is -0.149. The van der Waals surface area contributed by atoms with Gasteiger partial charge in [0, 0.05) is 12.1 Å². The Balaban J connectivity index is 2.76. The highest BCUT2D eigenvalue weighted by molar-refractivity contribution is 6.35. The highest BCUT2D eigenvalue weighted by atomic mass is 16.2. The molecule has 0 aliphatic carbocycles. The zero-order valence-electron chi connectivity index (χ0n) is 14.6. The van der Waals surface area contributed by atoms with Crippen LogP contribution in [0.2, 0.25) is 0 Å². The summed E-state index contributed by atoms with van der Waals surface area (Å²) >= 11 is 0. The molecular formula is C18H28N2O2. The van der Waals surface area contributed by atoms with Crippen molar-refractivity contribution in [2.24, 2.45) is 0 Å². The summed E-state index contributed by atoms with van der Waals surface area (Å²) in [5.74, 6) is -1.03. The number of carbonyl (C=O) groups is 2. The predicted octanol–water partition coefficient (Wildman–Crippen LogP) is 3.07. The first kappa shape index (κ1) is 18.2. The molecule has 0 bridgehead atoms. The summed E-state index contributed by atoms with van der Waals surface area (Å²) in [4.78, 5) is 26.1. The van der Waals surface area contributed by atoms with Crippen LogP contribution in [0.3, 0.4) is 0 Å². The number of hydrogen-bond donors (Lipinski definition) is 1. The maximum Gasteiger partial charge on any atom is 0.312 e. The van der Waals surface area contributed by atoms with E-state index in [1.54, 1.807) is 4.90 Å². The largest absolute Gasteiger partial charge is 0.341 e. The fourth-order valence-electron chi connectivity index (χ4n) is 2.43. The van der Waals surface area contributed by atoms with Gasteiger partial charge in [-0.25, -0.2) is 0 Å². The van der Waals surface area contributed by atoms with Gasteiger partial charge in [0.15, 0.2) is 0 Å². The van der Waals surface area contributed by atoms with Crippen LogP contribution in [0, 0.1) is 0 Å². The molecule has 122 valence electrons. The number of aryl methyl sites for hydroxylation is 1. The van der Waals surface area contributed by atoms with E-state index in [1.165, 1.54) is 5.56 Å². The fraction of sp³-hybridized carbons (Fsp3) is 0.556. The highest BCUT2D eigenvalue weighted by Crippen LogP contribution is 2.16. The van der Waals surface area contributed by atoms with Gasteiger partial charge in [-0.15, -0.1) is 0 Å². The second-order valence-corrected chi connectivity index (χ2v) is 6.51. The molecule has 1 atom stereocenters. The third-order valence-corrected chi connectivity index (χ3v) is 3.80. The molecule has 4 heteroatoms. The minimum Gasteiger partial charge on any atom is -0.341 e. The molecule has 0 saturated carbocycles. The Hall–Kier alpha value is -1.84. The van der Waals surface area contributed by atoms with Crippen LogP contribution in [0.1, 0.15) is 58.7 Å². The molecule has 22 heavy (non-hydrogen) atoms. The molecule has 0 aliphatic heterocycles. The lowest BCUT2D eigenvalue weighted by Gasteiger charge is -2.34. The van der Waals surface area contributed by atoms with Gasteiger partial charge in [-0.1, -0.05) is 31.2 Å². The number of benzene rings is 1. The first-order valence-corrected chi connectivity index (χ1v) is 7.92. The van der Waals surface area contributed by atoms with Crippen molar-refractivity contribution >= 4 is 11.8 Å². The average molecular weight is 304 g/mol. The lowest BCUT2D eigenvalue weighted by Crippen LogP contribution is -2.51. The smallest absolute Gasteiger partial charge is 0.312 e. The number of rotatable bonds is 4. The maximum atomic E-state index is 12.3. The van der Waals surface area contributed by atoms with Crippen LogP contribution < -0.4 is 5.32 Å². The van der Waals surface area contributed by atoms with Crippen molar-refractivity contribution in [3.63, 3.8) is 0 Å². The van der Waals surface area contributed by atoms with Crippen molar-refractivity contribution in [3.05, 3.63) is 35.4 Å². The SMILES string of the molecule is CCc1ccc(C(C)NC(=O)C(=O)N(CC)C(C)(C)C)cc1. The second kappa shape index (κ2) is 7.43. The Labute approximate surface area is 133 Å². The number of likely N-dealkylation sites (N-methyl/N-ethyl adjacent to an activating group) is 1. The monoisotopic (exact) mass is 304 g/mol. The summed E-state index contributed by atoms with van der Waals surface area (Å²) in [6, 6.07) is 7.90. The number of hydrogen-bond acceptors (Lipinski definition) is 2. The molecule has 0 spiro atoms. The van der Waals surface area contributed by atoms with E-state index >= 15 is 0 Å². The molecule has 1 aromatic rings. The van der Waals surface area contributed by atoms with Crippen molar-refractivity contribution < 1.29 is 9.59 Å². The second-order valence-electron chi connectivity index (χ2n) is 6.51. The summed E-state index contributed by atoms with van der Waals surface area (Å²) in [5, 5.41) is 2.79. The van der Waals surface area contributed by atoms with Crippen LogP contribution in [0.25, 0.3) is 0 Å². The molecule has 2 amide bonds. The van der Waals surface area contributed by atoms with Gasteiger partial charge in [0.05, 0.1) is 6.04 Å². The van der Waals surface area contributed by atoms with E-state index in [1.807, 2.05) is 58.9 Å². The molecular weight excluding hydrogens is 276 g/mol. The zero-order chi connectivity index (χ0) is 16.9. The number of carbonyl (C=O) groups excluding carboxylic acids is 2. The van der Waals surface area contributed by atoms with Gasteiger partial charge < -0.3 is 10.2 Å². The molecule has 0 aliphatic rings. The first-order valence-electron chi connectivity index (χ1n) is 7.92. The molecule has 0 fully saturated rings. The molecule has 0 radical (unpaired) electrons. The minimum atomic E-state index is -0.552. The van der Waals surface area contributed by atoms with Gasteiger partial charge >= 0.3 is 11.8 Å².